The van der Waals surface area contributed by atoms with Crippen LogP contribution in [0.15, 0.2) is 0 Å². The summed E-state index contributed by atoms with van der Waals surface area (Å²) in [5, 5.41) is 18.5. The van der Waals surface area contributed by atoms with Crippen molar-refractivity contribution < 1.29 is 5.11 Å². The Hall–Kier alpha value is -0.120. The van der Waals surface area contributed by atoms with Gasteiger partial charge in [0.25, 0.3) is 0 Å². The molecule has 3 heteroatoms. The Bertz CT molecular complexity index is 165. The molecule has 2 N–H and O–H groups in total. The number of nitrogens with one attached hydrogen (secondary N) is 2. The molecule has 3 nitrogen and oxygen atoms in total. The molecule has 0 aliphatic carbocycles. The topological polar surface area (TPSA) is 44.0 Å². The minimum Gasteiger partial charge on any atom is -0.317 e. The Kier molecular flexibility index (Phi) is 3.79. The van der Waals surface area contributed by atoms with Crippen LogP contribution in [0.1, 0.15) is 32.1 Å². The number of hydrogen-bond donors (Lipinski definition) is 2. The highest BCUT2D eigenvalue weighted by Gasteiger charge is 2.25. The van der Waals surface area contributed by atoms with Crippen LogP contribution in [-0.2, 0) is 5.11 Å². The molecule has 0 bridgehead atoms. The van der Waals surface area contributed by atoms with Crippen molar-refractivity contribution in [1.82, 2.24) is 10.6 Å². The molecule has 2 atom stereocenters. The molecule has 14 heavy (non-hydrogen) atoms. The summed E-state index contributed by atoms with van der Waals surface area (Å²) in [6.07, 6.45) is 5.12. The molecule has 1 radical (unpaired) electrons. The first kappa shape index (κ1) is 10.4. The molecule has 81 valence electrons. The second kappa shape index (κ2) is 5.10. The van der Waals surface area contributed by atoms with Crippen LogP contribution in [-0.4, -0.2) is 31.8 Å². The lowest BCUT2D eigenvalue weighted by atomic mass is 9.88. The van der Waals surface area contributed by atoms with E-state index in [1.807, 2.05) is 0 Å². The van der Waals surface area contributed by atoms with E-state index in [9.17, 15) is 5.11 Å². The van der Waals surface area contributed by atoms with Gasteiger partial charge in [-0.25, -0.2) is 5.11 Å². The smallest absolute Gasteiger partial charge is 0.0959 e. The van der Waals surface area contributed by atoms with Gasteiger partial charge < -0.3 is 10.6 Å². The summed E-state index contributed by atoms with van der Waals surface area (Å²) in [6, 6.07) is 0.660. The van der Waals surface area contributed by atoms with Gasteiger partial charge in [-0.05, 0) is 57.7 Å². The summed E-state index contributed by atoms with van der Waals surface area (Å²) in [6.45, 7) is 3.25. The van der Waals surface area contributed by atoms with Gasteiger partial charge in [0.2, 0.25) is 0 Å². The maximum Gasteiger partial charge on any atom is 0.0959 e. The van der Waals surface area contributed by atoms with Gasteiger partial charge in [-0.15, -0.1) is 0 Å². The maximum atomic E-state index is 11.9. The van der Waals surface area contributed by atoms with E-state index < -0.39 is 0 Å². The van der Waals surface area contributed by atoms with Crippen molar-refractivity contribution in [1.29, 1.82) is 0 Å². The molecule has 0 saturated carbocycles. The lowest BCUT2D eigenvalue weighted by Gasteiger charge is -2.30. The highest BCUT2D eigenvalue weighted by Crippen LogP contribution is 2.22. The zero-order chi connectivity index (χ0) is 9.80. The molecule has 0 aromatic rings. The van der Waals surface area contributed by atoms with Crippen molar-refractivity contribution in [3.05, 3.63) is 0 Å². The van der Waals surface area contributed by atoms with E-state index in [1.165, 1.54) is 6.42 Å². The van der Waals surface area contributed by atoms with Gasteiger partial charge in [0.1, 0.15) is 0 Å². The van der Waals surface area contributed by atoms with Crippen molar-refractivity contribution in [2.24, 2.45) is 5.92 Å². The Morgan fingerprint density at radius 3 is 2.43 bits per heavy atom. The van der Waals surface area contributed by atoms with Crippen LogP contribution >= 0.6 is 0 Å². The first-order chi connectivity index (χ1) is 6.86. The average Bonchev–Trinajstić information content (AvgIpc) is 2.16. The predicted octanol–water partition coefficient (Wildman–Crippen LogP) is 0.927. The fourth-order valence-corrected chi connectivity index (χ4v) is 2.41. The maximum absolute atomic E-state index is 11.9. The Morgan fingerprint density at radius 2 is 1.86 bits per heavy atom. The SMILES string of the molecule is [O]C(CCC1CCN1)C1CCNCC1. The highest BCUT2D eigenvalue weighted by atomic mass is 16.3. The van der Waals surface area contributed by atoms with E-state index in [1.54, 1.807) is 0 Å². The summed E-state index contributed by atoms with van der Waals surface area (Å²) in [7, 11) is 0. The average molecular weight is 197 g/mol. The third-order valence-electron chi connectivity index (χ3n) is 3.64. The molecular formula is C11H21N2O. The van der Waals surface area contributed by atoms with E-state index in [-0.39, 0.29) is 6.10 Å². The van der Waals surface area contributed by atoms with Gasteiger partial charge in [0, 0.05) is 6.04 Å². The van der Waals surface area contributed by atoms with Crippen LogP contribution in [0.2, 0.25) is 0 Å². The Labute approximate surface area is 86.3 Å². The van der Waals surface area contributed by atoms with Crippen LogP contribution in [0.25, 0.3) is 0 Å². The van der Waals surface area contributed by atoms with Crippen LogP contribution in [0.4, 0.5) is 0 Å². The zero-order valence-electron chi connectivity index (χ0n) is 8.80. The Morgan fingerprint density at radius 1 is 1.14 bits per heavy atom. The summed E-state index contributed by atoms with van der Waals surface area (Å²) in [5.74, 6) is 0.441. The molecule has 2 rings (SSSR count). The van der Waals surface area contributed by atoms with E-state index in [2.05, 4.69) is 10.6 Å². The van der Waals surface area contributed by atoms with E-state index >= 15 is 0 Å². The summed E-state index contributed by atoms with van der Waals surface area (Å²) >= 11 is 0. The van der Waals surface area contributed by atoms with Gasteiger partial charge in [0.15, 0.2) is 0 Å². The molecule has 0 aromatic carbocycles. The number of rotatable bonds is 4. The Balaban J connectivity index is 1.62. The van der Waals surface area contributed by atoms with Crippen LogP contribution in [0.3, 0.4) is 0 Å². The monoisotopic (exact) mass is 197 g/mol. The van der Waals surface area contributed by atoms with Crippen molar-refractivity contribution in [2.75, 3.05) is 19.6 Å². The van der Waals surface area contributed by atoms with Crippen molar-refractivity contribution in [2.45, 2.75) is 44.2 Å². The third-order valence-corrected chi connectivity index (χ3v) is 3.64. The molecule has 0 aromatic heterocycles. The molecule has 0 amide bonds. The standard InChI is InChI=1S/C11H21N2O/c14-11(2-1-10-5-8-13-10)9-3-6-12-7-4-9/h9-13H,1-8H2. The van der Waals surface area contributed by atoms with Gasteiger partial charge in [-0.2, -0.15) is 0 Å². The first-order valence-corrected chi connectivity index (χ1v) is 5.96. The normalized spacial score (nSPS) is 31.1. The molecule has 2 aliphatic rings. The lowest BCUT2D eigenvalue weighted by Crippen LogP contribution is -2.43. The van der Waals surface area contributed by atoms with Crippen molar-refractivity contribution >= 4 is 0 Å². The second-order valence-corrected chi connectivity index (χ2v) is 4.64. The van der Waals surface area contributed by atoms with Gasteiger partial charge in [0.05, 0.1) is 6.10 Å². The summed E-state index contributed by atoms with van der Waals surface area (Å²) in [4.78, 5) is 0. The third kappa shape index (κ3) is 2.69. The van der Waals surface area contributed by atoms with E-state index in [0.29, 0.717) is 12.0 Å². The molecule has 2 unspecified atom stereocenters. The summed E-state index contributed by atoms with van der Waals surface area (Å²) in [5.41, 5.74) is 0. The molecule has 2 saturated heterocycles. The second-order valence-electron chi connectivity index (χ2n) is 4.64. The zero-order valence-corrected chi connectivity index (χ0v) is 8.80. The lowest BCUT2D eigenvalue weighted by molar-refractivity contribution is 0.0130. The molecule has 2 fully saturated rings. The van der Waals surface area contributed by atoms with Gasteiger partial charge >= 0.3 is 0 Å². The van der Waals surface area contributed by atoms with E-state index in [0.717, 1.165) is 45.3 Å². The van der Waals surface area contributed by atoms with E-state index in [4.69, 9.17) is 0 Å². The number of hydrogen-bond acceptors (Lipinski definition) is 2. The summed E-state index contributed by atoms with van der Waals surface area (Å²) < 4.78 is 0. The van der Waals surface area contributed by atoms with Crippen LogP contribution < -0.4 is 10.6 Å². The predicted molar refractivity (Wildman–Crippen MR) is 55.7 cm³/mol. The molecule has 2 heterocycles. The van der Waals surface area contributed by atoms with Crippen molar-refractivity contribution in [3.63, 3.8) is 0 Å². The van der Waals surface area contributed by atoms with Gasteiger partial charge in [-0.3, -0.25) is 0 Å². The number of piperidine rings is 1. The molecule has 0 spiro atoms. The van der Waals surface area contributed by atoms with Crippen LogP contribution in [0, 0.1) is 5.92 Å². The minimum atomic E-state index is -0.306. The quantitative estimate of drug-likeness (QED) is 0.704. The van der Waals surface area contributed by atoms with Gasteiger partial charge in [-0.1, -0.05) is 0 Å². The van der Waals surface area contributed by atoms with Crippen LogP contribution in [0.5, 0.6) is 0 Å². The fraction of sp³-hybridized carbons (Fsp3) is 1.00. The molecular weight excluding hydrogens is 176 g/mol. The fourth-order valence-electron chi connectivity index (χ4n) is 2.41. The highest BCUT2D eigenvalue weighted by molar-refractivity contribution is 4.81. The molecule has 2 aliphatic heterocycles. The van der Waals surface area contributed by atoms with Crippen molar-refractivity contribution in [3.8, 4) is 0 Å². The minimum absolute atomic E-state index is 0.306. The largest absolute Gasteiger partial charge is 0.317 e. The first-order valence-electron chi connectivity index (χ1n) is 5.96.